The molecule has 0 atom stereocenters. The minimum atomic E-state index is 0.703. The number of aldehydes is 1. The van der Waals surface area contributed by atoms with E-state index in [2.05, 4.69) is 25.2 Å². The summed E-state index contributed by atoms with van der Waals surface area (Å²) in [6.45, 7) is 0.966. The van der Waals surface area contributed by atoms with E-state index in [1.54, 1.807) is 7.11 Å². The minimum Gasteiger partial charge on any atom is -0.496 e. The number of hydrogen-bond acceptors (Lipinski definition) is 3. The standard InChI is InChI=1S/C15H20N2O2/c1-16(2)8-7-11-9-17(3)15-12(10-18)5-6-13(19-4)14(11)15/h5-6,9-10H,7-8H2,1-4H3. The summed E-state index contributed by atoms with van der Waals surface area (Å²) in [6, 6.07) is 3.68. The van der Waals surface area contributed by atoms with Crippen LogP contribution in [0.25, 0.3) is 10.9 Å². The lowest BCUT2D eigenvalue weighted by Gasteiger charge is -2.10. The first kappa shape index (κ1) is 13.6. The van der Waals surface area contributed by atoms with Gasteiger partial charge in [-0.1, -0.05) is 0 Å². The maximum absolute atomic E-state index is 11.2. The summed E-state index contributed by atoms with van der Waals surface area (Å²) in [5.74, 6) is 0.829. The maximum Gasteiger partial charge on any atom is 0.152 e. The van der Waals surface area contributed by atoms with E-state index >= 15 is 0 Å². The first-order chi connectivity index (χ1) is 9.08. The molecule has 2 rings (SSSR count). The van der Waals surface area contributed by atoms with Crippen LogP contribution in [0.15, 0.2) is 18.3 Å². The van der Waals surface area contributed by atoms with E-state index in [9.17, 15) is 4.79 Å². The van der Waals surface area contributed by atoms with E-state index in [0.29, 0.717) is 5.56 Å². The molecule has 1 heterocycles. The zero-order valence-electron chi connectivity index (χ0n) is 11.9. The lowest BCUT2D eigenvalue weighted by Crippen LogP contribution is -2.14. The highest BCUT2D eigenvalue weighted by Crippen LogP contribution is 2.32. The molecular weight excluding hydrogens is 240 g/mol. The van der Waals surface area contributed by atoms with Crippen molar-refractivity contribution in [3.8, 4) is 5.75 Å². The van der Waals surface area contributed by atoms with Gasteiger partial charge in [-0.05, 0) is 38.2 Å². The van der Waals surface area contributed by atoms with Gasteiger partial charge in [0.25, 0.3) is 0 Å². The van der Waals surface area contributed by atoms with Gasteiger partial charge in [0.05, 0.1) is 12.6 Å². The van der Waals surface area contributed by atoms with E-state index in [1.165, 1.54) is 5.56 Å². The molecule has 1 aromatic carbocycles. The smallest absolute Gasteiger partial charge is 0.152 e. The van der Waals surface area contributed by atoms with Crippen LogP contribution in [-0.2, 0) is 13.5 Å². The Hall–Kier alpha value is -1.81. The van der Waals surface area contributed by atoms with Crippen molar-refractivity contribution >= 4 is 17.2 Å². The number of rotatable bonds is 5. The summed E-state index contributed by atoms with van der Waals surface area (Å²) in [5, 5.41) is 1.05. The molecule has 0 saturated heterocycles. The van der Waals surface area contributed by atoms with Gasteiger partial charge in [0, 0.05) is 30.7 Å². The molecule has 0 unspecified atom stereocenters. The second-order valence-electron chi connectivity index (χ2n) is 5.02. The Bertz CT molecular complexity index is 600. The second-order valence-corrected chi connectivity index (χ2v) is 5.02. The summed E-state index contributed by atoms with van der Waals surface area (Å²) < 4.78 is 7.45. The maximum atomic E-state index is 11.2. The van der Waals surface area contributed by atoms with Crippen LogP contribution < -0.4 is 4.74 Å². The van der Waals surface area contributed by atoms with E-state index in [-0.39, 0.29) is 0 Å². The number of carbonyl (C=O) groups excluding carboxylic acids is 1. The quantitative estimate of drug-likeness (QED) is 0.772. The third-order valence-corrected chi connectivity index (χ3v) is 3.37. The minimum absolute atomic E-state index is 0.703. The molecule has 102 valence electrons. The number of aryl methyl sites for hydroxylation is 1. The number of likely N-dealkylation sites (N-methyl/N-ethyl adjacent to an activating group) is 1. The van der Waals surface area contributed by atoms with Crippen molar-refractivity contribution in [1.82, 2.24) is 9.47 Å². The third kappa shape index (κ3) is 2.49. The first-order valence-corrected chi connectivity index (χ1v) is 6.33. The van der Waals surface area contributed by atoms with Crippen LogP contribution in [0.1, 0.15) is 15.9 Å². The van der Waals surface area contributed by atoms with Crippen molar-refractivity contribution in [3.63, 3.8) is 0 Å². The molecule has 0 radical (unpaired) electrons. The van der Waals surface area contributed by atoms with Gasteiger partial charge in [-0.25, -0.2) is 0 Å². The SMILES string of the molecule is COc1ccc(C=O)c2c1c(CCN(C)C)cn2C. The topological polar surface area (TPSA) is 34.5 Å². The molecule has 2 aromatic rings. The normalized spacial score (nSPS) is 11.2. The van der Waals surface area contributed by atoms with Crippen molar-refractivity contribution in [2.75, 3.05) is 27.7 Å². The molecule has 0 saturated carbocycles. The fourth-order valence-electron chi connectivity index (χ4n) is 2.44. The summed E-state index contributed by atoms with van der Waals surface area (Å²) in [4.78, 5) is 13.3. The summed E-state index contributed by atoms with van der Waals surface area (Å²) in [6.07, 6.45) is 3.92. The van der Waals surface area contributed by atoms with Gasteiger partial charge in [0.1, 0.15) is 5.75 Å². The van der Waals surface area contributed by atoms with E-state index < -0.39 is 0 Å². The number of benzene rings is 1. The number of methoxy groups -OCH3 is 1. The van der Waals surface area contributed by atoms with Crippen LogP contribution in [0.4, 0.5) is 0 Å². The highest BCUT2D eigenvalue weighted by Gasteiger charge is 2.15. The number of carbonyl (C=O) groups is 1. The van der Waals surface area contributed by atoms with Crippen molar-refractivity contribution < 1.29 is 9.53 Å². The molecule has 19 heavy (non-hydrogen) atoms. The molecule has 0 aliphatic rings. The Balaban J connectivity index is 2.62. The highest BCUT2D eigenvalue weighted by atomic mass is 16.5. The van der Waals surface area contributed by atoms with Crippen LogP contribution in [0.5, 0.6) is 5.75 Å². The fraction of sp³-hybridized carbons (Fsp3) is 0.400. The van der Waals surface area contributed by atoms with Gasteiger partial charge >= 0.3 is 0 Å². The first-order valence-electron chi connectivity index (χ1n) is 6.33. The average Bonchev–Trinajstić information content (AvgIpc) is 2.73. The lowest BCUT2D eigenvalue weighted by molar-refractivity contribution is 0.112. The molecular formula is C15H20N2O2. The summed E-state index contributed by atoms with van der Waals surface area (Å²) in [7, 11) is 7.74. The Morgan fingerprint density at radius 1 is 1.37 bits per heavy atom. The Kier molecular flexibility index (Phi) is 3.90. The zero-order valence-corrected chi connectivity index (χ0v) is 11.9. The van der Waals surface area contributed by atoms with Crippen molar-refractivity contribution in [3.05, 3.63) is 29.5 Å². The Labute approximate surface area is 113 Å². The van der Waals surface area contributed by atoms with Crippen LogP contribution in [0.3, 0.4) is 0 Å². The van der Waals surface area contributed by atoms with E-state index in [1.807, 2.05) is 23.7 Å². The lowest BCUT2D eigenvalue weighted by atomic mass is 10.1. The predicted molar refractivity (Wildman–Crippen MR) is 77.1 cm³/mol. The molecule has 0 spiro atoms. The van der Waals surface area contributed by atoms with E-state index in [4.69, 9.17) is 4.74 Å². The van der Waals surface area contributed by atoms with Gasteiger partial charge in [-0.2, -0.15) is 0 Å². The molecule has 0 bridgehead atoms. The largest absolute Gasteiger partial charge is 0.496 e. The van der Waals surface area contributed by atoms with Crippen molar-refractivity contribution in [2.24, 2.45) is 7.05 Å². The predicted octanol–water partition coefficient (Wildman–Crippen LogP) is 2.10. The van der Waals surface area contributed by atoms with Crippen LogP contribution in [0, 0.1) is 0 Å². The van der Waals surface area contributed by atoms with Gasteiger partial charge in [0.2, 0.25) is 0 Å². The van der Waals surface area contributed by atoms with Gasteiger partial charge < -0.3 is 14.2 Å². The molecule has 0 amide bonds. The van der Waals surface area contributed by atoms with Crippen molar-refractivity contribution in [1.29, 1.82) is 0 Å². The number of aromatic nitrogens is 1. The van der Waals surface area contributed by atoms with Crippen molar-refractivity contribution in [2.45, 2.75) is 6.42 Å². The van der Waals surface area contributed by atoms with Gasteiger partial charge in [-0.3, -0.25) is 4.79 Å². The Morgan fingerprint density at radius 3 is 2.68 bits per heavy atom. The van der Waals surface area contributed by atoms with Crippen LogP contribution in [0.2, 0.25) is 0 Å². The Morgan fingerprint density at radius 2 is 2.11 bits per heavy atom. The molecule has 0 N–H and O–H groups in total. The second kappa shape index (κ2) is 5.45. The molecule has 1 aromatic heterocycles. The number of ether oxygens (including phenoxy) is 1. The van der Waals surface area contributed by atoms with Gasteiger partial charge in [0.15, 0.2) is 6.29 Å². The third-order valence-electron chi connectivity index (χ3n) is 3.37. The average molecular weight is 260 g/mol. The number of hydrogen-bond donors (Lipinski definition) is 0. The molecule has 0 aliphatic heterocycles. The van der Waals surface area contributed by atoms with E-state index in [0.717, 1.165) is 35.9 Å². The number of nitrogens with zero attached hydrogens (tertiary/aromatic N) is 2. The molecule has 4 nitrogen and oxygen atoms in total. The highest BCUT2D eigenvalue weighted by molar-refractivity contribution is 6.01. The van der Waals surface area contributed by atoms with Crippen LogP contribution >= 0.6 is 0 Å². The summed E-state index contributed by atoms with van der Waals surface area (Å²) >= 11 is 0. The van der Waals surface area contributed by atoms with Gasteiger partial charge in [-0.15, -0.1) is 0 Å². The molecule has 4 heteroatoms. The zero-order chi connectivity index (χ0) is 14.0. The van der Waals surface area contributed by atoms with Crippen LogP contribution in [-0.4, -0.2) is 43.5 Å². The monoisotopic (exact) mass is 260 g/mol. The summed E-state index contributed by atoms with van der Waals surface area (Å²) in [5.41, 5.74) is 2.87. The number of fused-ring (bicyclic) bond motifs is 1. The molecule has 0 aliphatic carbocycles. The fourth-order valence-corrected chi connectivity index (χ4v) is 2.44. The molecule has 0 fully saturated rings.